The normalized spacial score (nSPS) is 16.8. The number of thioether (sulfide) groups is 2. The molecule has 3 heterocycles. The molecule has 2 atom stereocenters. The van der Waals surface area contributed by atoms with Gasteiger partial charge in [0.25, 0.3) is 24.2 Å². The number of thiophene rings is 1. The van der Waals surface area contributed by atoms with E-state index in [4.69, 9.17) is 9.47 Å². The third-order valence-corrected chi connectivity index (χ3v) is 11.1. The number of anilines is 1. The van der Waals surface area contributed by atoms with Crippen molar-refractivity contribution < 1.29 is 28.7 Å². The van der Waals surface area contributed by atoms with Crippen LogP contribution in [-0.4, -0.2) is 58.0 Å². The number of hydrogen-bond donors (Lipinski definition) is 2. The SMILES string of the molecule is O=COC1=C(CSCOc2c(C(=O)Nc3ccccc3)cc3ccccc3c2/N=N/c2ccccc2)CS[C@@H]2[C@@H](NC(=O)c3cccs3)C(=O)N12. The van der Waals surface area contributed by atoms with Crippen molar-refractivity contribution in [3.63, 3.8) is 0 Å². The van der Waals surface area contributed by atoms with E-state index in [0.29, 0.717) is 39.9 Å². The number of azo groups is 1. The van der Waals surface area contributed by atoms with Gasteiger partial charge in [-0.25, -0.2) is 0 Å². The second kappa shape index (κ2) is 15.6. The lowest BCUT2D eigenvalue weighted by Gasteiger charge is -2.49. The lowest BCUT2D eigenvalue weighted by atomic mass is 10.0. The molecule has 3 amide bonds. The largest absolute Gasteiger partial charge is 0.480 e. The Morgan fingerprint density at radius 2 is 1.71 bits per heavy atom. The second-order valence-electron chi connectivity index (χ2n) is 11.3. The van der Waals surface area contributed by atoms with Crippen molar-refractivity contribution in [1.29, 1.82) is 0 Å². The minimum atomic E-state index is -0.732. The lowest BCUT2D eigenvalue weighted by Crippen LogP contribution is -2.70. The molecular formula is C37H29N5O6S3. The molecule has 1 aromatic heterocycles. The number of ether oxygens (including phenoxy) is 2. The van der Waals surface area contributed by atoms with E-state index in [2.05, 4.69) is 20.9 Å². The number of amides is 3. The first-order valence-corrected chi connectivity index (χ1v) is 18.8. The number of rotatable bonds is 13. The van der Waals surface area contributed by atoms with E-state index in [1.807, 2.05) is 72.8 Å². The quantitative estimate of drug-likeness (QED) is 0.0412. The Balaban J connectivity index is 1.12. The van der Waals surface area contributed by atoms with E-state index in [-0.39, 0.29) is 40.9 Å². The van der Waals surface area contributed by atoms with Gasteiger partial charge in [-0.2, -0.15) is 5.11 Å². The van der Waals surface area contributed by atoms with Crippen molar-refractivity contribution in [2.75, 3.05) is 22.8 Å². The number of carbonyl (C=O) groups excluding carboxylic acids is 4. The molecule has 7 rings (SSSR count). The fourth-order valence-electron chi connectivity index (χ4n) is 5.62. The summed E-state index contributed by atoms with van der Waals surface area (Å²) in [5, 5.41) is 17.7. The van der Waals surface area contributed by atoms with Crippen LogP contribution in [0.2, 0.25) is 0 Å². The summed E-state index contributed by atoms with van der Waals surface area (Å²) >= 11 is 4.14. The number of nitrogens with zero attached hydrogens (tertiary/aromatic N) is 3. The van der Waals surface area contributed by atoms with E-state index < -0.39 is 11.4 Å². The maximum Gasteiger partial charge on any atom is 0.299 e. The Hall–Kier alpha value is -5.44. The zero-order valence-corrected chi connectivity index (χ0v) is 29.2. The van der Waals surface area contributed by atoms with Crippen LogP contribution in [0.15, 0.2) is 130 Å². The first-order valence-electron chi connectivity index (χ1n) is 15.7. The molecule has 1 fully saturated rings. The van der Waals surface area contributed by atoms with Crippen LogP contribution in [0.4, 0.5) is 17.1 Å². The van der Waals surface area contributed by atoms with Gasteiger partial charge in [-0.05, 0) is 47.2 Å². The van der Waals surface area contributed by atoms with Crippen molar-refractivity contribution in [2.45, 2.75) is 11.4 Å². The van der Waals surface area contributed by atoms with Gasteiger partial charge in [0, 0.05) is 28.2 Å². The maximum absolute atomic E-state index is 13.8. The van der Waals surface area contributed by atoms with Crippen LogP contribution < -0.4 is 15.4 Å². The van der Waals surface area contributed by atoms with E-state index in [1.54, 1.807) is 35.7 Å². The summed E-state index contributed by atoms with van der Waals surface area (Å²) in [5.74, 6) is 0.290. The summed E-state index contributed by atoms with van der Waals surface area (Å²) < 4.78 is 11.7. The van der Waals surface area contributed by atoms with Crippen molar-refractivity contribution in [2.24, 2.45) is 10.2 Å². The Morgan fingerprint density at radius 3 is 2.47 bits per heavy atom. The first kappa shape index (κ1) is 34.0. The van der Waals surface area contributed by atoms with Gasteiger partial charge in [0.2, 0.25) is 5.88 Å². The fraction of sp³-hybridized carbons (Fsp3) is 0.135. The smallest absolute Gasteiger partial charge is 0.299 e. The predicted octanol–water partition coefficient (Wildman–Crippen LogP) is 7.74. The van der Waals surface area contributed by atoms with Crippen molar-refractivity contribution in [3.05, 3.63) is 130 Å². The molecule has 2 N–H and O–H groups in total. The van der Waals surface area contributed by atoms with Crippen LogP contribution in [0.3, 0.4) is 0 Å². The van der Waals surface area contributed by atoms with Gasteiger partial charge in [0.1, 0.15) is 23.0 Å². The van der Waals surface area contributed by atoms with Crippen LogP contribution in [0.5, 0.6) is 5.75 Å². The molecule has 2 aliphatic rings. The van der Waals surface area contributed by atoms with Crippen molar-refractivity contribution in [1.82, 2.24) is 10.2 Å². The highest BCUT2D eigenvalue weighted by molar-refractivity contribution is 8.01. The highest BCUT2D eigenvalue weighted by atomic mass is 32.2. The van der Waals surface area contributed by atoms with Crippen LogP contribution in [-0.2, 0) is 14.3 Å². The van der Waals surface area contributed by atoms with Gasteiger partial charge in [0.15, 0.2) is 5.75 Å². The Bertz CT molecular complexity index is 2140. The molecule has 2 aliphatic heterocycles. The van der Waals surface area contributed by atoms with Crippen LogP contribution in [0, 0.1) is 0 Å². The molecule has 14 heteroatoms. The van der Waals surface area contributed by atoms with Crippen LogP contribution in [0.1, 0.15) is 20.0 Å². The van der Waals surface area contributed by atoms with E-state index in [9.17, 15) is 19.2 Å². The van der Waals surface area contributed by atoms with Gasteiger partial charge in [-0.15, -0.1) is 40.0 Å². The molecule has 0 saturated carbocycles. The maximum atomic E-state index is 13.8. The van der Waals surface area contributed by atoms with Gasteiger partial charge in [0.05, 0.1) is 16.1 Å². The highest BCUT2D eigenvalue weighted by Gasteiger charge is 2.53. The van der Waals surface area contributed by atoms with Crippen LogP contribution in [0.25, 0.3) is 10.8 Å². The van der Waals surface area contributed by atoms with Gasteiger partial charge < -0.3 is 20.1 Å². The number of hydrogen-bond acceptors (Lipinski definition) is 11. The Labute approximate surface area is 305 Å². The molecule has 256 valence electrons. The molecule has 0 spiro atoms. The summed E-state index contributed by atoms with van der Waals surface area (Å²) in [6.07, 6.45) is 0. The summed E-state index contributed by atoms with van der Waals surface area (Å²) in [6, 6.07) is 30.5. The first-order chi connectivity index (χ1) is 25.0. The number of fused-ring (bicyclic) bond motifs is 2. The zero-order valence-electron chi connectivity index (χ0n) is 26.8. The molecule has 0 radical (unpaired) electrons. The highest BCUT2D eigenvalue weighted by Crippen LogP contribution is 2.43. The molecule has 1 saturated heterocycles. The molecule has 4 aromatic carbocycles. The third-order valence-electron chi connectivity index (χ3n) is 8.02. The molecule has 51 heavy (non-hydrogen) atoms. The summed E-state index contributed by atoms with van der Waals surface area (Å²) in [4.78, 5) is 53.0. The van der Waals surface area contributed by atoms with Crippen molar-refractivity contribution in [3.8, 4) is 5.75 Å². The molecule has 0 bridgehead atoms. The predicted molar refractivity (Wildman–Crippen MR) is 200 cm³/mol. The van der Waals surface area contributed by atoms with E-state index >= 15 is 0 Å². The third kappa shape index (κ3) is 7.38. The number of para-hydroxylation sites is 1. The topological polar surface area (TPSA) is 139 Å². The number of carbonyl (C=O) groups is 4. The van der Waals surface area contributed by atoms with Gasteiger partial charge in [-0.1, -0.05) is 66.7 Å². The summed E-state index contributed by atoms with van der Waals surface area (Å²) in [6.45, 7) is 0.297. The summed E-state index contributed by atoms with van der Waals surface area (Å²) in [7, 11) is 0. The number of β-lactam (4-membered cyclic amide) rings is 1. The van der Waals surface area contributed by atoms with Crippen molar-refractivity contribution >= 4 is 86.9 Å². The second-order valence-corrected chi connectivity index (χ2v) is 14.2. The van der Waals surface area contributed by atoms with E-state index in [0.717, 1.165) is 16.3 Å². The number of benzene rings is 4. The minimum Gasteiger partial charge on any atom is -0.480 e. The van der Waals surface area contributed by atoms with Crippen LogP contribution >= 0.6 is 34.9 Å². The fourth-order valence-corrected chi connectivity index (χ4v) is 8.46. The summed E-state index contributed by atoms with van der Waals surface area (Å²) in [5.41, 5.74) is 2.66. The Morgan fingerprint density at radius 1 is 0.941 bits per heavy atom. The monoisotopic (exact) mass is 735 g/mol. The van der Waals surface area contributed by atoms with E-state index in [1.165, 1.54) is 39.8 Å². The standard InChI is InChI=1S/C37H29N5O6S3/c43-21-47-36-24(20-51-37-31(35(46)42(36)37)39-34(45)29-16-9-17-50-29)19-49-22-48-32-28(33(44)38-25-11-3-1-4-12-25)18-23-10-7-8-15-27(23)30(32)41-40-26-13-5-2-6-14-26/h1-18,21,31,37H,19-20,22H2,(H,38,44)(H,39,45)/b41-40+/t31-,37+/m0/s1. The Kier molecular flexibility index (Phi) is 10.4. The minimum absolute atomic E-state index is 0.0945. The average Bonchev–Trinajstić information content (AvgIpc) is 3.71. The molecule has 0 aliphatic carbocycles. The zero-order chi connectivity index (χ0) is 35.2. The van der Waals surface area contributed by atoms with Gasteiger partial charge >= 0.3 is 0 Å². The molecule has 11 nitrogen and oxygen atoms in total. The van der Waals surface area contributed by atoms with Gasteiger partial charge in [-0.3, -0.25) is 24.1 Å². The number of nitrogens with one attached hydrogen (secondary N) is 2. The average molecular weight is 736 g/mol. The molecular weight excluding hydrogens is 707 g/mol. The molecule has 0 unspecified atom stereocenters. The molecule has 5 aromatic rings. The lowest BCUT2D eigenvalue weighted by molar-refractivity contribution is -0.148.